The van der Waals surface area contributed by atoms with E-state index in [1.807, 2.05) is 0 Å². The largest absolute Gasteiger partial charge is 0.462 e. The molecule has 0 radical (unpaired) electrons. The van der Waals surface area contributed by atoms with Gasteiger partial charge in [-0.05, 0) is 61.7 Å². The Morgan fingerprint density at radius 2 is 1.71 bits per heavy atom. The van der Waals surface area contributed by atoms with E-state index in [-0.39, 0.29) is 35.0 Å². The summed E-state index contributed by atoms with van der Waals surface area (Å²) < 4.78 is 11.3. The average molecular weight is 453 g/mol. The Morgan fingerprint density at radius 1 is 1.00 bits per heavy atom. The van der Waals surface area contributed by atoms with Crippen molar-refractivity contribution in [2.75, 3.05) is 0 Å². The van der Waals surface area contributed by atoms with E-state index in [1.54, 1.807) is 0 Å². The van der Waals surface area contributed by atoms with Crippen LogP contribution >= 0.6 is 15.9 Å². The van der Waals surface area contributed by atoms with Crippen molar-refractivity contribution >= 4 is 27.9 Å². The number of carbonyl (C=O) groups excluding carboxylic acids is 2. The Morgan fingerprint density at radius 3 is 2.39 bits per heavy atom. The van der Waals surface area contributed by atoms with Gasteiger partial charge < -0.3 is 9.47 Å². The molecule has 3 saturated carbocycles. The number of alkyl halides is 1. The molecule has 0 bridgehead atoms. The molecule has 5 heteroatoms. The highest BCUT2D eigenvalue weighted by Crippen LogP contribution is 2.66. The van der Waals surface area contributed by atoms with Gasteiger partial charge in [-0.1, -0.05) is 41.4 Å². The highest BCUT2D eigenvalue weighted by Gasteiger charge is 2.61. The second-order valence-corrected chi connectivity index (χ2v) is 11.1. The fraction of sp³-hybridized carbons (Fsp3) is 0.826. The maximum absolute atomic E-state index is 11.6. The molecule has 0 aromatic carbocycles. The minimum absolute atomic E-state index is 0.0294. The number of halogens is 1. The SMILES string of the molecule is CC(=O)O[C@H]1CC[C@@]2(C)C(=CC(Br)[C@H]3[C@@H]4CC[C@H](OC(C)=O)[C@@]4(C)CC[C@@H]32)C1. The number of carbonyl (C=O) groups is 2. The van der Waals surface area contributed by atoms with Crippen LogP contribution in [0.4, 0.5) is 0 Å². The lowest BCUT2D eigenvalue weighted by molar-refractivity contribution is -0.156. The van der Waals surface area contributed by atoms with E-state index < -0.39 is 0 Å². The van der Waals surface area contributed by atoms with E-state index >= 15 is 0 Å². The molecule has 4 aliphatic carbocycles. The summed E-state index contributed by atoms with van der Waals surface area (Å²) in [5.74, 6) is 1.49. The molecule has 0 aromatic rings. The highest BCUT2D eigenvalue weighted by atomic mass is 79.9. The number of fused-ring (bicyclic) bond motifs is 5. The molecular weight excluding hydrogens is 420 g/mol. The van der Waals surface area contributed by atoms with Crippen molar-refractivity contribution in [2.24, 2.45) is 28.6 Å². The molecule has 0 spiro atoms. The summed E-state index contributed by atoms with van der Waals surface area (Å²) in [7, 11) is 0. The minimum Gasteiger partial charge on any atom is -0.462 e. The number of hydrogen-bond donors (Lipinski definition) is 0. The van der Waals surface area contributed by atoms with Crippen molar-refractivity contribution in [1.82, 2.24) is 0 Å². The third kappa shape index (κ3) is 3.16. The van der Waals surface area contributed by atoms with Gasteiger partial charge in [0.1, 0.15) is 12.2 Å². The molecule has 3 fully saturated rings. The van der Waals surface area contributed by atoms with Gasteiger partial charge in [0.15, 0.2) is 0 Å². The minimum atomic E-state index is -0.172. The number of allylic oxidation sites excluding steroid dienone is 1. The first-order chi connectivity index (χ1) is 13.1. The van der Waals surface area contributed by atoms with Crippen molar-refractivity contribution in [3.8, 4) is 0 Å². The van der Waals surface area contributed by atoms with E-state index in [0.717, 1.165) is 38.5 Å². The number of hydrogen-bond acceptors (Lipinski definition) is 4. The van der Waals surface area contributed by atoms with Gasteiger partial charge in [0.05, 0.1) is 0 Å². The zero-order valence-corrected chi connectivity index (χ0v) is 19.1. The maximum atomic E-state index is 11.6. The summed E-state index contributed by atoms with van der Waals surface area (Å²) in [6.07, 6.45) is 9.90. The van der Waals surface area contributed by atoms with Crippen LogP contribution in [-0.2, 0) is 19.1 Å². The third-order valence-electron chi connectivity index (χ3n) is 8.60. The quantitative estimate of drug-likeness (QED) is 0.328. The van der Waals surface area contributed by atoms with Gasteiger partial charge in [0.2, 0.25) is 0 Å². The van der Waals surface area contributed by atoms with Gasteiger partial charge in [-0.2, -0.15) is 0 Å². The second-order valence-electron chi connectivity index (χ2n) is 10.0. The standard InChI is InChI=1S/C23H33BrO4/c1-13(25)27-16-7-9-22(3)15(11-16)12-19(24)21-17-5-6-20(28-14(2)26)23(17,4)10-8-18(21)22/h12,16-21H,5-11H2,1-4H3/t16-,17-,18-,19?,20-,21-,22-,23-/m0/s1. The summed E-state index contributed by atoms with van der Waals surface area (Å²) >= 11 is 4.03. The van der Waals surface area contributed by atoms with Crippen LogP contribution in [0.1, 0.15) is 72.6 Å². The van der Waals surface area contributed by atoms with E-state index in [2.05, 4.69) is 35.9 Å². The van der Waals surface area contributed by atoms with Crippen molar-refractivity contribution < 1.29 is 19.1 Å². The molecule has 4 rings (SSSR count). The monoisotopic (exact) mass is 452 g/mol. The summed E-state index contributed by atoms with van der Waals surface area (Å²) in [4.78, 5) is 23.4. The van der Waals surface area contributed by atoms with Crippen molar-refractivity contribution in [3.63, 3.8) is 0 Å². The molecule has 156 valence electrons. The Bertz CT molecular complexity index is 703. The van der Waals surface area contributed by atoms with Crippen LogP contribution in [0.2, 0.25) is 0 Å². The molecule has 0 saturated heterocycles. The lowest BCUT2D eigenvalue weighted by atomic mass is 9.48. The topological polar surface area (TPSA) is 52.6 Å². The second kappa shape index (κ2) is 7.14. The molecular formula is C23H33BrO4. The van der Waals surface area contributed by atoms with Gasteiger partial charge in [-0.3, -0.25) is 9.59 Å². The van der Waals surface area contributed by atoms with Crippen molar-refractivity contribution in [2.45, 2.75) is 89.7 Å². The average Bonchev–Trinajstić information content (AvgIpc) is 2.92. The van der Waals surface area contributed by atoms with E-state index in [9.17, 15) is 9.59 Å². The fourth-order valence-electron chi connectivity index (χ4n) is 7.25. The van der Waals surface area contributed by atoms with Crippen LogP contribution in [0, 0.1) is 28.6 Å². The van der Waals surface area contributed by atoms with Gasteiger partial charge in [-0.15, -0.1) is 0 Å². The summed E-state index contributed by atoms with van der Waals surface area (Å²) in [5, 5.41) is 0. The lowest BCUT2D eigenvalue weighted by Crippen LogP contribution is -2.54. The van der Waals surface area contributed by atoms with Crippen LogP contribution < -0.4 is 0 Å². The zero-order valence-electron chi connectivity index (χ0n) is 17.5. The first-order valence-electron chi connectivity index (χ1n) is 10.8. The molecule has 0 N–H and O–H groups in total. The normalized spacial score (nSPS) is 47.2. The fourth-order valence-corrected chi connectivity index (χ4v) is 8.31. The molecule has 0 heterocycles. The van der Waals surface area contributed by atoms with E-state index in [1.165, 1.54) is 25.8 Å². The number of ether oxygens (including phenoxy) is 2. The summed E-state index contributed by atoms with van der Waals surface area (Å²) in [6.45, 7) is 7.84. The zero-order chi connectivity index (χ0) is 20.3. The van der Waals surface area contributed by atoms with Crippen molar-refractivity contribution in [1.29, 1.82) is 0 Å². The maximum Gasteiger partial charge on any atom is 0.302 e. The molecule has 4 nitrogen and oxygen atoms in total. The molecule has 1 unspecified atom stereocenters. The Balaban J connectivity index is 1.61. The van der Waals surface area contributed by atoms with Crippen molar-refractivity contribution in [3.05, 3.63) is 11.6 Å². The first-order valence-corrected chi connectivity index (χ1v) is 11.8. The van der Waals surface area contributed by atoms with Crippen LogP contribution in [-0.4, -0.2) is 29.0 Å². The Kier molecular flexibility index (Phi) is 5.21. The predicted molar refractivity (Wildman–Crippen MR) is 111 cm³/mol. The van der Waals surface area contributed by atoms with Gasteiger partial charge in [0.25, 0.3) is 0 Å². The van der Waals surface area contributed by atoms with E-state index in [0.29, 0.717) is 22.6 Å². The van der Waals surface area contributed by atoms with Crippen LogP contribution in [0.3, 0.4) is 0 Å². The summed E-state index contributed by atoms with van der Waals surface area (Å²) in [5.41, 5.74) is 1.77. The van der Waals surface area contributed by atoms with Crippen LogP contribution in [0.25, 0.3) is 0 Å². The lowest BCUT2D eigenvalue weighted by Gasteiger charge is -2.59. The van der Waals surface area contributed by atoms with Gasteiger partial charge in [0, 0.05) is 30.5 Å². The Hall–Kier alpha value is -0.840. The van der Waals surface area contributed by atoms with Gasteiger partial charge >= 0.3 is 11.9 Å². The smallest absolute Gasteiger partial charge is 0.302 e. The molecule has 0 aromatic heterocycles. The first kappa shape index (κ1) is 20.4. The van der Waals surface area contributed by atoms with Crippen LogP contribution in [0.5, 0.6) is 0 Å². The summed E-state index contributed by atoms with van der Waals surface area (Å²) in [6, 6.07) is 0. The highest BCUT2D eigenvalue weighted by molar-refractivity contribution is 9.09. The third-order valence-corrected chi connectivity index (χ3v) is 9.47. The molecule has 0 amide bonds. The predicted octanol–water partition coefficient (Wildman–Crippen LogP) is 5.19. The molecule has 8 atom stereocenters. The molecule has 0 aliphatic heterocycles. The number of rotatable bonds is 2. The number of esters is 2. The van der Waals surface area contributed by atoms with Crippen LogP contribution in [0.15, 0.2) is 11.6 Å². The van der Waals surface area contributed by atoms with Gasteiger partial charge in [-0.25, -0.2) is 0 Å². The Labute approximate surface area is 176 Å². The molecule has 4 aliphatic rings. The molecule has 28 heavy (non-hydrogen) atoms. The van der Waals surface area contributed by atoms with E-state index in [4.69, 9.17) is 9.47 Å².